The van der Waals surface area contributed by atoms with Gasteiger partial charge in [0.25, 0.3) is 0 Å². The maximum Gasteiger partial charge on any atom is 0.303 e. The summed E-state index contributed by atoms with van der Waals surface area (Å²) < 4.78 is 5.59. The van der Waals surface area contributed by atoms with Gasteiger partial charge in [0.05, 0.1) is 6.42 Å². The van der Waals surface area contributed by atoms with E-state index in [4.69, 9.17) is 21.1 Å². The number of carbonyl (C=O) groups is 1. The molecule has 0 unspecified atom stereocenters. The smallest absolute Gasteiger partial charge is 0.303 e. The minimum atomic E-state index is -0.827. The molecule has 1 N–H and O–H groups in total. The Morgan fingerprint density at radius 2 is 2.11 bits per heavy atom. The summed E-state index contributed by atoms with van der Waals surface area (Å²) in [5.74, 6) is 0.549. The summed E-state index contributed by atoms with van der Waals surface area (Å²) in [6, 6.07) is 9.33. The molecule has 1 heterocycles. The molecule has 94 valence electrons. The van der Waals surface area contributed by atoms with Crippen molar-refractivity contribution in [1.29, 1.82) is 0 Å². The Balaban J connectivity index is 2.18. The van der Waals surface area contributed by atoms with E-state index in [1.807, 2.05) is 31.2 Å². The molecule has 4 heteroatoms. The Morgan fingerprint density at radius 1 is 1.33 bits per heavy atom. The zero-order valence-electron chi connectivity index (χ0n) is 9.94. The lowest BCUT2D eigenvalue weighted by Crippen LogP contribution is -1.96. The summed E-state index contributed by atoms with van der Waals surface area (Å²) in [6.07, 6.45) is 0.469. The van der Waals surface area contributed by atoms with Crippen LogP contribution in [0.1, 0.15) is 17.7 Å². The Kier molecular flexibility index (Phi) is 3.72. The molecule has 0 aliphatic carbocycles. The maximum absolute atomic E-state index is 10.5. The number of carboxylic acids is 1. The van der Waals surface area contributed by atoms with E-state index in [0.29, 0.717) is 23.0 Å². The predicted molar refractivity (Wildman–Crippen MR) is 69.8 cm³/mol. The van der Waals surface area contributed by atoms with E-state index in [9.17, 15) is 4.79 Å². The van der Waals surface area contributed by atoms with Gasteiger partial charge in [0.1, 0.15) is 11.5 Å². The molecule has 2 rings (SSSR count). The third-order valence-electron chi connectivity index (χ3n) is 2.70. The first kappa shape index (κ1) is 12.7. The van der Waals surface area contributed by atoms with Gasteiger partial charge in [-0.1, -0.05) is 23.7 Å². The number of aliphatic carboxylic acids is 1. The van der Waals surface area contributed by atoms with E-state index in [0.717, 1.165) is 11.1 Å². The van der Waals surface area contributed by atoms with Crippen molar-refractivity contribution in [3.63, 3.8) is 0 Å². The fraction of sp³-hybridized carbons (Fsp3) is 0.214. The van der Waals surface area contributed by atoms with Crippen molar-refractivity contribution < 1.29 is 14.3 Å². The van der Waals surface area contributed by atoms with Crippen LogP contribution in [-0.2, 0) is 11.2 Å². The lowest BCUT2D eigenvalue weighted by molar-refractivity contribution is -0.137. The number of carboxylic acid groups (broad SMARTS) is 1. The number of aryl methyl sites for hydroxylation is 2. The Bertz CT molecular complexity index is 572. The molecule has 0 bridgehead atoms. The van der Waals surface area contributed by atoms with Crippen molar-refractivity contribution >= 4 is 17.6 Å². The first-order chi connectivity index (χ1) is 8.56. The molecular formula is C14H13ClO3. The second-order valence-corrected chi connectivity index (χ2v) is 4.53. The zero-order valence-corrected chi connectivity index (χ0v) is 10.7. The topological polar surface area (TPSA) is 50.4 Å². The largest absolute Gasteiger partial charge is 0.481 e. The highest BCUT2D eigenvalue weighted by molar-refractivity contribution is 6.31. The quantitative estimate of drug-likeness (QED) is 0.910. The number of furan rings is 1. The highest BCUT2D eigenvalue weighted by Crippen LogP contribution is 2.27. The van der Waals surface area contributed by atoms with Crippen molar-refractivity contribution in [3.8, 4) is 11.3 Å². The SMILES string of the molecule is Cc1ccc(-c2ccc(CCC(=O)O)o2)cc1Cl. The summed E-state index contributed by atoms with van der Waals surface area (Å²) >= 11 is 6.05. The number of rotatable bonds is 4. The van der Waals surface area contributed by atoms with Crippen molar-refractivity contribution in [2.45, 2.75) is 19.8 Å². The molecule has 0 fully saturated rings. The fourth-order valence-corrected chi connectivity index (χ4v) is 1.82. The number of halogens is 1. The molecule has 0 aliphatic rings. The fourth-order valence-electron chi connectivity index (χ4n) is 1.64. The lowest BCUT2D eigenvalue weighted by atomic mass is 10.1. The van der Waals surface area contributed by atoms with Crippen molar-refractivity contribution in [2.24, 2.45) is 0 Å². The first-order valence-electron chi connectivity index (χ1n) is 5.63. The third-order valence-corrected chi connectivity index (χ3v) is 3.11. The van der Waals surface area contributed by atoms with Gasteiger partial charge in [-0.05, 0) is 30.7 Å². The first-order valence-corrected chi connectivity index (χ1v) is 6.01. The van der Waals surface area contributed by atoms with Gasteiger partial charge < -0.3 is 9.52 Å². The maximum atomic E-state index is 10.5. The van der Waals surface area contributed by atoms with Crippen LogP contribution in [0.4, 0.5) is 0 Å². The van der Waals surface area contributed by atoms with Gasteiger partial charge in [-0.25, -0.2) is 0 Å². The van der Waals surface area contributed by atoms with E-state index in [1.165, 1.54) is 0 Å². The van der Waals surface area contributed by atoms with E-state index in [1.54, 1.807) is 6.07 Å². The normalized spacial score (nSPS) is 10.6. The standard InChI is InChI=1S/C14H13ClO3/c1-9-2-3-10(8-12(9)15)13-6-4-11(18-13)5-7-14(16)17/h2-4,6,8H,5,7H2,1H3,(H,16,17). The number of hydrogen-bond donors (Lipinski definition) is 1. The average Bonchev–Trinajstić information content (AvgIpc) is 2.79. The van der Waals surface area contributed by atoms with Crippen LogP contribution in [0.3, 0.4) is 0 Å². The Hall–Kier alpha value is -1.74. The van der Waals surface area contributed by atoms with Crippen LogP contribution >= 0.6 is 11.6 Å². The molecule has 1 aromatic heterocycles. The van der Waals surface area contributed by atoms with Crippen LogP contribution < -0.4 is 0 Å². The molecule has 0 saturated heterocycles. The van der Waals surface area contributed by atoms with Gasteiger partial charge in [0, 0.05) is 17.0 Å². The molecule has 0 amide bonds. The van der Waals surface area contributed by atoms with E-state index < -0.39 is 5.97 Å². The molecule has 0 aliphatic heterocycles. The monoisotopic (exact) mass is 264 g/mol. The molecule has 2 aromatic rings. The van der Waals surface area contributed by atoms with Crippen LogP contribution in [0.5, 0.6) is 0 Å². The average molecular weight is 265 g/mol. The predicted octanol–water partition coefficient (Wildman–Crippen LogP) is 3.93. The van der Waals surface area contributed by atoms with Gasteiger partial charge in [0.15, 0.2) is 0 Å². The molecule has 0 atom stereocenters. The van der Waals surface area contributed by atoms with Crippen LogP contribution in [0.15, 0.2) is 34.7 Å². The molecule has 0 saturated carbocycles. The van der Waals surface area contributed by atoms with E-state index in [-0.39, 0.29) is 6.42 Å². The molecule has 1 aromatic carbocycles. The van der Waals surface area contributed by atoms with E-state index in [2.05, 4.69) is 0 Å². The second kappa shape index (κ2) is 5.27. The van der Waals surface area contributed by atoms with Crippen molar-refractivity contribution in [2.75, 3.05) is 0 Å². The summed E-state index contributed by atoms with van der Waals surface area (Å²) in [4.78, 5) is 10.5. The third kappa shape index (κ3) is 2.93. The van der Waals surface area contributed by atoms with Crippen molar-refractivity contribution in [3.05, 3.63) is 46.7 Å². The molecular weight excluding hydrogens is 252 g/mol. The molecule has 3 nitrogen and oxygen atoms in total. The van der Waals surface area contributed by atoms with Gasteiger partial charge in [0.2, 0.25) is 0 Å². The van der Waals surface area contributed by atoms with Gasteiger partial charge in [-0.15, -0.1) is 0 Å². The second-order valence-electron chi connectivity index (χ2n) is 4.12. The van der Waals surface area contributed by atoms with Crippen LogP contribution in [0, 0.1) is 6.92 Å². The van der Waals surface area contributed by atoms with E-state index >= 15 is 0 Å². The molecule has 0 spiro atoms. The van der Waals surface area contributed by atoms with Crippen LogP contribution in [0.25, 0.3) is 11.3 Å². The Morgan fingerprint density at radius 3 is 2.78 bits per heavy atom. The summed E-state index contributed by atoms with van der Waals surface area (Å²) in [5, 5.41) is 9.30. The molecule has 18 heavy (non-hydrogen) atoms. The highest BCUT2D eigenvalue weighted by Gasteiger charge is 2.07. The van der Waals surface area contributed by atoms with Gasteiger partial charge >= 0.3 is 5.97 Å². The highest BCUT2D eigenvalue weighted by atomic mass is 35.5. The van der Waals surface area contributed by atoms with Crippen LogP contribution in [-0.4, -0.2) is 11.1 Å². The van der Waals surface area contributed by atoms with Crippen molar-refractivity contribution in [1.82, 2.24) is 0 Å². The summed E-state index contributed by atoms with van der Waals surface area (Å²) in [7, 11) is 0. The molecule has 0 radical (unpaired) electrons. The number of hydrogen-bond acceptors (Lipinski definition) is 2. The summed E-state index contributed by atoms with van der Waals surface area (Å²) in [5.41, 5.74) is 1.91. The van der Waals surface area contributed by atoms with Crippen LogP contribution in [0.2, 0.25) is 5.02 Å². The minimum absolute atomic E-state index is 0.0710. The minimum Gasteiger partial charge on any atom is -0.481 e. The van der Waals surface area contributed by atoms with Gasteiger partial charge in [-0.3, -0.25) is 4.79 Å². The zero-order chi connectivity index (χ0) is 13.1. The van der Waals surface area contributed by atoms with Gasteiger partial charge in [-0.2, -0.15) is 0 Å². The summed E-state index contributed by atoms with van der Waals surface area (Å²) in [6.45, 7) is 1.94. The number of benzene rings is 1. The lowest BCUT2D eigenvalue weighted by Gasteiger charge is -2.01. The Labute approximate surface area is 110 Å².